The molecule has 0 fully saturated rings. The normalized spacial score (nSPS) is 12.4. The zero-order valence-corrected chi connectivity index (χ0v) is 17.3. The van der Waals surface area contributed by atoms with E-state index < -0.39 is 0 Å². The predicted octanol–water partition coefficient (Wildman–Crippen LogP) is 8.95. The molecule has 0 bridgehead atoms. The molecule has 0 aromatic heterocycles. The molecule has 8 aromatic carbocycles. The van der Waals surface area contributed by atoms with Crippen LogP contribution in [0, 0.1) is 6.07 Å². The second-order valence-corrected chi connectivity index (χ2v) is 8.91. The van der Waals surface area contributed by atoms with Gasteiger partial charge in [-0.25, -0.2) is 0 Å². The predicted molar refractivity (Wildman–Crippen MR) is 138 cm³/mol. The van der Waals surface area contributed by atoms with Crippen LogP contribution in [0.5, 0.6) is 0 Å². The molecule has 0 saturated heterocycles. The second kappa shape index (κ2) is 5.75. The quantitative estimate of drug-likeness (QED) is 0.241. The lowest BCUT2D eigenvalue weighted by atomic mass is 9.89. The number of hydrogen-bond donors (Lipinski definition) is 0. The summed E-state index contributed by atoms with van der Waals surface area (Å²) >= 11 is 0. The van der Waals surface area contributed by atoms with Gasteiger partial charge in [0.2, 0.25) is 0 Å². The monoisotopic (exact) mass is 401 g/mol. The van der Waals surface area contributed by atoms with Gasteiger partial charge in [0.25, 0.3) is 0 Å². The van der Waals surface area contributed by atoms with Gasteiger partial charge in [-0.1, -0.05) is 84.9 Å². The number of hydrogen-bond acceptors (Lipinski definition) is 0. The Kier molecular flexibility index (Phi) is 2.97. The summed E-state index contributed by atoms with van der Waals surface area (Å²) in [5, 5.41) is 15.7. The van der Waals surface area contributed by atoms with E-state index in [9.17, 15) is 0 Å². The number of benzene rings is 8. The van der Waals surface area contributed by atoms with Gasteiger partial charge in [0.1, 0.15) is 0 Å². The van der Waals surface area contributed by atoms with Crippen molar-refractivity contribution in [2.45, 2.75) is 0 Å². The fourth-order valence-electron chi connectivity index (χ4n) is 5.73. The van der Waals surface area contributed by atoms with Crippen molar-refractivity contribution < 1.29 is 0 Å². The van der Waals surface area contributed by atoms with Crippen LogP contribution in [-0.2, 0) is 0 Å². The van der Waals surface area contributed by atoms with Crippen molar-refractivity contribution in [1.82, 2.24) is 0 Å². The Morgan fingerprint density at radius 2 is 0.812 bits per heavy atom. The van der Waals surface area contributed by atoms with Gasteiger partial charge in [-0.3, -0.25) is 0 Å². The number of rotatable bonds is 1. The van der Waals surface area contributed by atoms with Gasteiger partial charge in [-0.2, -0.15) is 0 Å². The molecule has 0 aliphatic rings. The first-order valence-corrected chi connectivity index (χ1v) is 11.1. The summed E-state index contributed by atoms with van der Waals surface area (Å²) in [6.45, 7) is 0. The minimum absolute atomic E-state index is 1.15. The molecule has 0 N–H and O–H groups in total. The molecule has 8 rings (SSSR count). The summed E-state index contributed by atoms with van der Waals surface area (Å²) in [6.07, 6.45) is 0. The van der Waals surface area contributed by atoms with E-state index in [0.29, 0.717) is 0 Å². The topological polar surface area (TPSA) is 0 Å². The van der Waals surface area contributed by atoms with Crippen LogP contribution in [0.25, 0.3) is 75.8 Å². The highest BCUT2D eigenvalue weighted by atomic mass is 14.2. The summed E-state index contributed by atoms with van der Waals surface area (Å²) < 4.78 is 0. The van der Waals surface area contributed by atoms with Crippen LogP contribution in [-0.4, -0.2) is 0 Å². The van der Waals surface area contributed by atoms with E-state index in [1.807, 2.05) is 0 Å². The minimum Gasteiger partial charge on any atom is -0.0610 e. The van der Waals surface area contributed by atoms with Gasteiger partial charge in [-0.15, -0.1) is 0 Å². The smallest absolute Gasteiger partial charge is 0.00137 e. The summed E-state index contributed by atoms with van der Waals surface area (Å²) in [5.41, 5.74) is 2.38. The first-order chi connectivity index (χ1) is 15.8. The Morgan fingerprint density at radius 1 is 0.375 bits per heavy atom. The van der Waals surface area contributed by atoms with E-state index in [-0.39, 0.29) is 0 Å². The van der Waals surface area contributed by atoms with E-state index >= 15 is 0 Å². The van der Waals surface area contributed by atoms with Gasteiger partial charge >= 0.3 is 0 Å². The Hall–Kier alpha value is -4.16. The van der Waals surface area contributed by atoms with E-state index in [2.05, 4.69) is 109 Å². The van der Waals surface area contributed by atoms with Crippen LogP contribution >= 0.6 is 0 Å². The lowest BCUT2D eigenvalue weighted by Gasteiger charge is -2.15. The van der Waals surface area contributed by atoms with Crippen molar-refractivity contribution in [2.75, 3.05) is 0 Å². The van der Waals surface area contributed by atoms with Crippen LogP contribution in [0.3, 0.4) is 0 Å². The Labute approximate surface area is 185 Å². The molecule has 0 spiro atoms. The molecule has 0 saturated carbocycles. The Morgan fingerprint density at radius 3 is 1.41 bits per heavy atom. The summed E-state index contributed by atoms with van der Waals surface area (Å²) in [4.78, 5) is 0. The van der Waals surface area contributed by atoms with Crippen molar-refractivity contribution in [3.8, 4) is 11.1 Å². The van der Waals surface area contributed by atoms with Gasteiger partial charge in [0, 0.05) is 0 Å². The third kappa shape index (κ3) is 2.07. The van der Waals surface area contributed by atoms with Crippen LogP contribution < -0.4 is 0 Å². The summed E-state index contributed by atoms with van der Waals surface area (Å²) in [5.74, 6) is 0. The lowest BCUT2D eigenvalue weighted by Crippen LogP contribution is -1.88. The Balaban J connectivity index is 1.46. The SMILES string of the molecule is [c]1c(-c2cc3ccc4cccc5ccc(c2)c3c45)cc2ccc3cccc4ccc1c2c43. The molecule has 0 heteroatoms. The first kappa shape index (κ1) is 16.5. The highest BCUT2D eigenvalue weighted by Crippen LogP contribution is 2.40. The largest absolute Gasteiger partial charge is 0.0610 e. The van der Waals surface area contributed by atoms with Crippen molar-refractivity contribution in [3.63, 3.8) is 0 Å². The summed E-state index contributed by atoms with van der Waals surface area (Å²) in [6, 6.07) is 41.8. The maximum absolute atomic E-state index is 3.75. The zero-order valence-electron chi connectivity index (χ0n) is 17.3. The molecule has 0 amide bonds. The van der Waals surface area contributed by atoms with Crippen LogP contribution in [0.2, 0.25) is 0 Å². The third-order valence-corrected chi connectivity index (χ3v) is 7.15. The molecule has 1 radical (unpaired) electrons. The first-order valence-electron chi connectivity index (χ1n) is 11.1. The van der Waals surface area contributed by atoms with Crippen LogP contribution in [0.1, 0.15) is 0 Å². The molecular weight excluding hydrogens is 384 g/mol. The van der Waals surface area contributed by atoms with Gasteiger partial charge in [0.05, 0.1) is 0 Å². The highest BCUT2D eigenvalue weighted by molar-refractivity contribution is 6.25. The highest BCUT2D eigenvalue weighted by Gasteiger charge is 2.13. The van der Waals surface area contributed by atoms with Gasteiger partial charge in [-0.05, 0) is 100 Å². The average molecular weight is 401 g/mol. The van der Waals surface area contributed by atoms with E-state index in [0.717, 1.165) is 5.56 Å². The van der Waals surface area contributed by atoms with Gasteiger partial charge in [0.15, 0.2) is 0 Å². The molecule has 32 heavy (non-hydrogen) atoms. The fraction of sp³-hybridized carbons (Fsp3) is 0. The van der Waals surface area contributed by atoms with Crippen LogP contribution in [0.15, 0.2) is 103 Å². The summed E-state index contributed by atoms with van der Waals surface area (Å²) in [7, 11) is 0. The average Bonchev–Trinajstić information content (AvgIpc) is 2.85. The molecule has 0 atom stereocenters. The fourth-order valence-corrected chi connectivity index (χ4v) is 5.73. The van der Waals surface area contributed by atoms with E-state index in [1.165, 1.54) is 70.2 Å². The van der Waals surface area contributed by atoms with Crippen molar-refractivity contribution in [1.29, 1.82) is 0 Å². The van der Waals surface area contributed by atoms with Crippen molar-refractivity contribution in [2.24, 2.45) is 0 Å². The second-order valence-electron chi connectivity index (χ2n) is 8.91. The molecule has 0 aliphatic heterocycles. The standard InChI is InChI=1S/C32H17/c1-3-19-7-11-23-15-27(16-24-12-8-20(4-1)29(19)31(23)24)28-17-25-13-9-21-5-2-6-22-10-14-26(18-28)32(25)30(21)22/h1-17H. The zero-order chi connectivity index (χ0) is 20.8. The Bertz CT molecular complexity index is 1700. The maximum Gasteiger partial charge on any atom is -0.00137 e. The lowest BCUT2D eigenvalue weighted by molar-refractivity contribution is 1.70. The molecule has 145 valence electrons. The third-order valence-electron chi connectivity index (χ3n) is 7.15. The molecular formula is C32H17. The molecule has 0 heterocycles. The van der Waals surface area contributed by atoms with Crippen molar-refractivity contribution in [3.05, 3.63) is 109 Å². The van der Waals surface area contributed by atoms with E-state index in [1.54, 1.807) is 0 Å². The minimum atomic E-state index is 1.15. The maximum atomic E-state index is 3.75. The molecule has 0 aliphatic carbocycles. The molecule has 0 unspecified atom stereocenters. The van der Waals surface area contributed by atoms with Crippen molar-refractivity contribution >= 4 is 64.6 Å². The molecule has 0 nitrogen and oxygen atoms in total. The van der Waals surface area contributed by atoms with Gasteiger partial charge < -0.3 is 0 Å². The molecule has 8 aromatic rings. The van der Waals surface area contributed by atoms with Crippen LogP contribution in [0.4, 0.5) is 0 Å². The van der Waals surface area contributed by atoms with E-state index in [4.69, 9.17) is 0 Å².